The third-order valence-electron chi connectivity index (χ3n) is 4.59. The summed E-state index contributed by atoms with van der Waals surface area (Å²) in [6, 6.07) is 0.433. The van der Waals surface area contributed by atoms with E-state index in [1.807, 2.05) is 4.90 Å². The summed E-state index contributed by atoms with van der Waals surface area (Å²) in [7, 11) is 0. The van der Waals surface area contributed by atoms with Crippen molar-refractivity contribution >= 4 is 6.03 Å². The molecule has 104 valence electrons. The van der Waals surface area contributed by atoms with Gasteiger partial charge in [-0.25, -0.2) is 4.79 Å². The van der Waals surface area contributed by atoms with Gasteiger partial charge in [0.15, 0.2) is 0 Å². The topological polar surface area (TPSA) is 58.4 Å². The fourth-order valence-corrected chi connectivity index (χ4v) is 3.14. The fourth-order valence-electron chi connectivity index (χ4n) is 3.14. The summed E-state index contributed by atoms with van der Waals surface area (Å²) >= 11 is 0. The molecule has 0 radical (unpaired) electrons. The minimum atomic E-state index is 0.132. The summed E-state index contributed by atoms with van der Waals surface area (Å²) in [4.78, 5) is 14.2. The van der Waals surface area contributed by atoms with Crippen LogP contribution in [0.4, 0.5) is 4.79 Å². The maximum absolute atomic E-state index is 12.2. The van der Waals surface area contributed by atoms with Crippen molar-refractivity contribution in [2.45, 2.75) is 51.5 Å². The average molecular weight is 253 g/mol. The Morgan fingerprint density at radius 3 is 2.56 bits per heavy atom. The molecule has 2 rings (SSSR count). The third kappa shape index (κ3) is 3.37. The van der Waals surface area contributed by atoms with Crippen LogP contribution in [0.15, 0.2) is 0 Å². The van der Waals surface area contributed by atoms with Crippen LogP contribution in [0.5, 0.6) is 0 Å². The Hall–Kier alpha value is -0.770. The molecule has 2 fully saturated rings. The van der Waals surface area contributed by atoms with Crippen molar-refractivity contribution in [2.75, 3.05) is 19.6 Å². The molecule has 0 aromatic carbocycles. The molecule has 1 saturated carbocycles. The van der Waals surface area contributed by atoms with E-state index in [4.69, 9.17) is 5.73 Å². The van der Waals surface area contributed by atoms with Crippen LogP contribution >= 0.6 is 0 Å². The summed E-state index contributed by atoms with van der Waals surface area (Å²) < 4.78 is 0. The molecule has 1 saturated heterocycles. The van der Waals surface area contributed by atoms with Crippen LogP contribution < -0.4 is 11.1 Å². The van der Waals surface area contributed by atoms with E-state index in [0.29, 0.717) is 18.5 Å². The van der Waals surface area contributed by atoms with Gasteiger partial charge >= 0.3 is 6.03 Å². The zero-order valence-corrected chi connectivity index (χ0v) is 11.5. The molecular weight excluding hydrogens is 226 g/mol. The number of rotatable bonds is 2. The quantitative estimate of drug-likeness (QED) is 0.790. The van der Waals surface area contributed by atoms with E-state index in [-0.39, 0.29) is 6.03 Å². The highest BCUT2D eigenvalue weighted by Crippen LogP contribution is 2.24. The molecule has 0 aromatic rings. The number of nitrogens with two attached hydrogens (primary N) is 1. The molecule has 4 nitrogen and oxygen atoms in total. The van der Waals surface area contributed by atoms with Crippen molar-refractivity contribution in [1.29, 1.82) is 0 Å². The first-order chi connectivity index (χ1) is 8.70. The summed E-state index contributed by atoms with van der Waals surface area (Å²) in [5.41, 5.74) is 5.80. The molecule has 3 N–H and O–H groups in total. The maximum atomic E-state index is 12.2. The van der Waals surface area contributed by atoms with Gasteiger partial charge in [-0.2, -0.15) is 0 Å². The van der Waals surface area contributed by atoms with Crippen molar-refractivity contribution in [3.05, 3.63) is 0 Å². The number of nitrogens with one attached hydrogen (secondary N) is 1. The number of hydrogen-bond acceptors (Lipinski definition) is 2. The van der Waals surface area contributed by atoms with E-state index in [1.54, 1.807) is 0 Å². The summed E-state index contributed by atoms with van der Waals surface area (Å²) in [5, 5.41) is 3.21. The Kier molecular flexibility index (Phi) is 4.87. The van der Waals surface area contributed by atoms with Crippen molar-refractivity contribution in [3.63, 3.8) is 0 Å². The first kappa shape index (κ1) is 13.7. The SMILES string of the molecule is CC1CCN(C(=O)NC2CCCCC2CN)CC1. The van der Waals surface area contributed by atoms with Gasteiger partial charge in [-0.15, -0.1) is 0 Å². The fraction of sp³-hybridized carbons (Fsp3) is 0.929. The third-order valence-corrected chi connectivity index (χ3v) is 4.59. The molecule has 2 atom stereocenters. The molecule has 2 unspecified atom stereocenters. The molecule has 1 aliphatic heterocycles. The number of likely N-dealkylation sites (tertiary alicyclic amines) is 1. The highest BCUT2D eigenvalue weighted by molar-refractivity contribution is 5.74. The Bertz CT molecular complexity index is 274. The van der Waals surface area contributed by atoms with Crippen LogP contribution in [0.3, 0.4) is 0 Å². The standard InChI is InChI=1S/C14H27N3O/c1-11-6-8-17(9-7-11)14(18)16-13-5-3-2-4-12(13)10-15/h11-13H,2-10,15H2,1H3,(H,16,18). The van der Waals surface area contributed by atoms with Gasteiger partial charge in [0.05, 0.1) is 0 Å². The molecule has 1 aliphatic carbocycles. The van der Waals surface area contributed by atoms with E-state index >= 15 is 0 Å². The number of piperidine rings is 1. The number of hydrogen-bond donors (Lipinski definition) is 2. The van der Waals surface area contributed by atoms with Crippen LogP contribution in [0.1, 0.15) is 45.4 Å². The van der Waals surface area contributed by atoms with Crippen molar-refractivity contribution in [2.24, 2.45) is 17.6 Å². The summed E-state index contributed by atoms with van der Waals surface area (Å²) in [5.74, 6) is 1.24. The van der Waals surface area contributed by atoms with Crippen LogP contribution in [-0.2, 0) is 0 Å². The van der Waals surface area contributed by atoms with Gasteiger partial charge in [0.1, 0.15) is 0 Å². The second-order valence-corrected chi connectivity index (χ2v) is 6.01. The Labute approximate surface area is 110 Å². The minimum absolute atomic E-state index is 0.132. The second kappa shape index (κ2) is 6.41. The Morgan fingerprint density at radius 1 is 1.22 bits per heavy atom. The number of carbonyl (C=O) groups is 1. The summed E-state index contributed by atoms with van der Waals surface area (Å²) in [6.45, 7) is 4.78. The highest BCUT2D eigenvalue weighted by Gasteiger charge is 2.28. The largest absolute Gasteiger partial charge is 0.335 e. The molecule has 0 aromatic heterocycles. The van der Waals surface area contributed by atoms with Gasteiger partial charge < -0.3 is 16.0 Å². The molecule has 18 heavy (non-hydrogen) atoms. The first-order valence-corrected chi connectivity index (χ1v) is 7.46. The lowest BCUT2D eigenvalue weighted by Crippen LogP contribution is -2.51. The number of amides is 2. The Morgan fingerprint density at radius 2 is 1.89 bits per heavy atom. The molecule has 2 aliphatic rings. The molecule has 4 heteroatoms. The second-order valence-electron chi connectivity index (χ2n) is 6.01. The normalized spacial score (nSPS) is 30.2. The van der Waals surface area contributed by atoms with Crippen LogP contribution in [0, 0.1) is 11.8 Å². The predicted octanol–water partition coefficient (Wildman–Crippen LogP) is 1.95. The van der Waals surface area contributed by atoms with Crippen LogP contribution in [0.2, 0.25) is 0 Å². The lowest BCUT2D eigenvalue weighted by molar-refractivity contribution is 0.161. The van der Waals surface area contributed by atoms with Gasteiger partial charge in [-0.3, -0.25) is 0 Å². The van der Waals surface area contributed by atoms with Crippen molar-refractivity contribution in [3.8, 4) is 0 Å². The molecule has 0 spiro atoms. The van der Waals surface area contributed by atoms with Crippen LogP contribution in [0.25, 0.3) is 0 Å². The maximum Gasteiger partial charge on any atom is 0.317 e. The molecular formula is C14H27N3O. The first-order valence-electron chi connectivity index (χ1n) is 7.46. The lowest BCUT2D eigenvalue weighted by Gasteiger charge is -2.35. The highest BCUT2D eigenvalue weighted by atomic mass is 16.2. The van der Waals surface area contributed by atoms with Gasteiger partial charge in [0.2, 0.25) is 0 Å². The number of nitrogens with zero attached hydrogens (tertiary/aromatic N) is 1. The molecule has 1 heterocycles. The van der Waals surface area contributed by atoms with Gasteiger partial charge in [-0.05, 0) is 44.1 Å². The van der Waals surface area contributed by atoms with Crippen molar-refractivity contribution < 1.29 is 4.79 Å². The minimum Gasteiger partial charge on any atom is -0.335 e. The summed E-state index contributed by atoms with van der Waals surface area (Å²) in [6.07, 6.45) is 7.01. The number of carbonyl (C=O) groups excluding carboxylic acids is 1. The van der Waals surface area contributed by atoms with Crippen molar-refractivity contribution in [1.82, 2.24) is 10.2 Å². The van der Waals surface area contributed by atoms with Crippen LogP contribution in [-0.4, -0.2) is 36.6 Å². The molecule has 2 amide bonds. The van der Waals surface area contributed by atoms with E-state index in [1.165, 1.54) is 19.3 Å². The zero-order chi connectivity index (χ0) is 13.0. The monoisotopic (exact) mass is 253 g/mol. The molecule has 0 bridgehead atoms. The lowest BCUT2D eigenvalue weighted by atomic mass is 9.84. The average Bonchev–Trinajstić information content (AvgIpc) is 2.40. The predicted molar refractivity (Wildman–Crippen MR) is 73.3 cm³/mol. The van der Waals surface area contributed by atoms with E-state index in [0.717, 1.165) is 38.3 Å². The van der Waals surface area contributed by atoms with E-state index < -0.39 is 0 Å². The van der Waals surface area contributed by atoms with Gasteiger partial charge in [0, 0.05) is 19.1 Å². The smallest absolute Gasteiger partial charge is 0.317 e. The number of urea groups is 1. The van der Waals surface area contributed by atoms with E-state index in [9.17, 15) is 4.79 Å². The van der Waals surface area contributed by atoms with E-state index in [2.05, 4.69) is 12.2 Å². The zero-order valence-electron chi connectivity index (χ0n) is 11.5. The van der Waals surface area contributed by atoms with Gasteiger partial charge in [0.25, 0.3) is 0 Å². The van der Waals surface area contributed by atoms with Gasteiger partial charge in [-0.1, -0.05) is 19.8 Å². The Balaban J connectivity index is 1.82.